The lowest BCUT2D eigenvalue weighted by Gasteiger charge is -2.42. The van der Waals surface area contributed by atoms with Crippen molar-refractivity contribution in [2.45, 2.75) is 20.8 Å². The Kier molecular flexibility index (Phi) is 3.22. The van der Waals surface area contributed by atoms with Gasteiger partial charge >= 0.3 is 0 Å². The molecule has 0 atom stereocenters. The summed E-state index contributed by atoms with van der Waals surface area (Å²) >= 11 is 0. The lowest BCUT2D eigenvalue weighted by Crippen LogP contribution is -2.55. The van der Waals surface area contributed by atoms with Gasteiger partial charge in [-0.25, -0.2) is 5.46 Å². The van der Waals surface area contributed by atoms with E-state index in [9.17, 15) is 0 Å². The lowest BCUT2D eigenvalue weighted by molar-refractivity contribution is 0.571. The van der Waals surface area contributed by atoms with Crippen LogP contribution in [0.15, 0.2) is 48.6 Å². The van der Waals surface area contributed by atoms with Crippen LogP contribution in [0.2, 0.25) is 0 Å². The molecule has 0 unspecified atom stereocenters. The fraction of sp³-hybridized carbons (Fsp3) is 0.222. The molecule has 1 heterocycles. The molecular formula is C18H17B2. The Balaban J connectivity index is 2.05. The van der Waals surface area contributed by atoms with Crippen molar-refractivity contribution in [3.8, 4) is 11.7 Å². The van der Waals surface area contributed by atoms with Crippen molar-refractivity contribution in [3.05, 3.63) is 60.2 Å². The van der Waals surface area contributed by atoms with Gasteiger partial charge in [0.15, 0.2) is 0 Å². The van der Waals surface area contributed by atoms with Crippen molar-refractivity contribution >= 4 is 24.9 Å². The Hall–Kier alpha value is -1.87. The van der Waals surface area contributed by atoms with Gasteiger partial charge in [0.2, 0.25) is 0 Å². The van der Waals surface area contributed by atoms with Crippen LogP contribution in [0.4, 0.5) is 0 Å². The van der Waals surface area contributed by atoms with E-state index in [4.69, 9.17) is 0 Å². The van der Waals surface area contributed by atoms with Gasteiger partial charge in [-0.1, -0.05) is 31.3 Å². The monoisotopic (exact) mass is 255 g/mol. The molecule has 1 aliphatic carbocycles. The molecule has 0 bridgehead atoms. The molecule has 0 fully saturated rings. The summed E-state index contributed by atoms with van der Waals surface area (Å²) in [4.78, 5) is 0. The molecule has 1 aromatic carbocycles. The van der Waals surface area contributed by atoms with Gasteiger partial charge in [0.05, 0.1) is 12.2 Å². The second kappa shape index (κ2) is 4.91. The first-order chi connectivity index (χ1) is 9.54. The largest absolute Gasteiger partial charge is 0.309 e. The summed E-state index contributed by atoms with van der Waals surface area (Å²) in [6.45, 7) is 6.67. The van der Waals surface area contributed by atoms with E-state index in [1.54, 1.807) is 0 Å². The lowest BCUT2D eigenvalue weighted by atomic mass is 9.25. The molecule has 0 nitrogen and oxygen atoms in total. The predicted molar refractivity (Wildman–Crippen MR) is 89.2 cm³/mol. The van der Waals surface area contributed by atoms with E-state index in [-0.39, 0.29) is 12.1 Å². The van der Waals surface area contributed by atoms with Gasteiger partial charge < -0.3 is 5.82 Å². The minimum atomic E-state index is 0.0328. The molecule has 2 aliphatic rings. The molecule has 0 amide bonds. The maximum atomic E-state index is 3.50. The molecule has 3 radical (unpaired) electrons. The molecule has 0 saturated heterocycles. The number of benzene rings is 1. The van der Waals surface area contributed by atoms with Gasteiger partial charge in [-0.3, -0.25) is 5.46 Å². The molecular weight excluding hydrogens is 238 g/mol. The summed E-state index contributed by atoms with van der Waals surface area (Å²) < 4.78 is 0. The highest BCUT2D eigenvalue weighted by Crippen LogP contribution is 2.28. The van der Waals surface area contributed by atoms with Crippen LogP contribution in [0.25, 0.3) is 0 Å². The third-order valence-corrected chi connectivity index (χ3v) is 3.52. The van der Waals surface area contributed by atoms with Crippen LogP contribution in [0, 0.1) is 28.8 Å². The zero-order chi connectivity index (χ0) is 14.2. The molecule has 2 heteroatoms. The van der Waals surface area contributed by atoms with Crippen molar-refractivity contribution in [1.29, 1.82) is 0 Å². The Morgan fingerprint density at radius 1 is 1.10 bits per heavy atom. The predicted octanol–water partition coefficient (Wildman–Crippen LogP) is 2.09. The van der Waals surface area contributed by atoms with Crippen LogP contribution >= 0.6 is 0 Å². The van der Waals surface area contributed by atoms with E-state index in [0.29, 0.717) is 0 Å². The van der Waals surface area contributed by atoms with E-state index in [2.05, 4.69) is 88.4 Å². The number of allylic oxidation sites excluding steroid dienone is 4. The maximum Gasteiger partial charge on any atom is 0.145 e. The fourth-order valence-electron chi connectivity index (χ4n) is 2.59. The van der Waals surface area contributed by atoms with Gasteiger partial charge in [0.1, 0.15) is 18.9 Å². The van der Waals surface area contributed by atoms with Gasteiger partial charge in [0.25, 0.3) is 0 Å². The van der Waals surface area contributed by atoms with Crippen LogP contribution < -0.4 is 10.9 Å². The summed E-state index contributed by atoms with van der Waals surface area (Å²) in [5, 5.41) is 0. The van der Waals surface area contributed by atoms with Crippen molar-refractivity contribution in [3.63, 3.8) is 0 Å². The number of hydrogen-bond donors (Lipinski definition) is 0. The Morgan fingerprint density at radius 2 is 1.85 bits per heavy atom. The van der Waals surface area contributed by atoms with Crippen LogP contribution in [-0.2, 0) is 0 Å². The highest BCUT2D eigenvalue weighted by molar-refractivity contribution is 6.94. The molecule has 0 N–H and O–H groups in total. The fourth-order valence-corrected chi connectivity index (χ4v) is 2.59. The molecule has 95 valence electrons. The van der Waals surface area contributed by atoms with Crippen LogP contribution in [-0.4, -0.2) is 14.0 Å². The standard InChI is InChI=1S/C18H17B2/c1-18(2,3)12-13-20-16-10-6-4-8-14(16)19-15-9-5-7-11-17(15)20/h4-11H,1-3H3. The maximum absolute atomic E-state index is 3.50. The molecule has 0 aromatic heterocycles. The normalized spacial score (nSPS) is 17.4. The second-order valence-corrected chi connectivity index (χ2v) is 6.35. The van der Waals surface area contributed by atoms with Crippen LogP contribution in [0.1, 0.15) is 20.8 Å². The van der Waals surface area contributed by atoms with E-state index in [0.717, 1.165) is 0 Å². The van der Waals surface area contributed by atoms with Gasteiger partial charge in [-0.15, -0.1) is 17.8 Å². The van der Waals surface area contributed by atoms with Crippen molar-refractivity contribution in [1.82, 2.24) is 0 Å². The molecule has 1 aromatic rings. The highest BCUT2D eigenvalue weighted by Gasteiger charge is 2.29. The average Bonchev–Trinajstić information content (AvgIpc) is 2.42. The summed E-state index contributed by atoms with van der Waals surface area (Å²) in [5.74, 6) is 9.53. The Morgan fingerprint density at radius 3 is 2.65 bits per heavy atom. The van der Waals surface area contributed by atoms with Crippen molar-refractivity contribution < 1.29 is 0 Å². The summed E-state index contributed by atoms with van der Waals surface area (Å²) in [6.07, 6.45) is 8.57. The summed E-state index contributed by atoms with van der Waals surface area (Å²) in [5.41, 5.74) is 2.65. The first-order valence-electron chi connectivity index (χ1n) is 7.10. The summed E-state index contributed by atoms with van der Waals surface area (Å²) in [7, 11) is 2.26. The van der Waals surface area contributed by atoms with E-state index >= 15 is 0 Å². The highest BCUT2D eigenvalue weighted by atomic mass is 14.2. The zero-order valence-electron chi connectivity index (χ0n) is 12.3. The quantitative estimate of drug-likeness (QED) is 0.378. The molecule has 20 heavy (non-hydrogen) atoms. The SMILES string of the molecule is CC(C)(C)C#C[B-]1c2ccccc2[B-][C+]2C=CC=C[C+]12. The third kappa shape index (κ3) is 2.54. The molecule has 1 aliphatic heterocycles. The van der Waals surface area contributed by atoms with Crippen LogP contribution in [0.5, 0.6) is 0 Å². The first kappa shape index (κ1) is 13.1. The van der Waals surface area contributed by atoms with Crippen LogP contribution in [0.3, 0.4) is 0 Å². The third-order valence-electron chi connectivity index (χ3n) is 3.52. The van der Waals surface area contributed by atoms with Crippen molar-refractivity contribution in [2.24, 2.45) is 5.41 Å². The van der Waals surface area contributed by atoms with E-state index in [1.807, 2.05) is 0 Å². The Labute approximate surface area is 123 Å². The smallest absolute Gasteiger partial charge is 0.145 e. The topological polar surface area (TPSA) is 0 Å². The number of fused-ring (bicyclic) bond motifs is 2. The number of hydrogen-bond acceptors (Lipinski definition) is 0. The first-order valence-corrected chi connectivity index (χ1v) is 7.10. The van der Waals surface area contributed by atoms with E-state index in [1.165, 1.54) is 22.6 Å². The van der Waals surface area contributed by atoms with Gasteiger partial charge in [0, 0.05) is 5.41 Å². The second-order valence-electron chi connectivity index (χ2n) is 6.35. The summed E-state index contributed by atoms with van der Waals surface area (Å²) in [6, 6.07) is 8.57. The number of rotatable bonds is 0. The van der Waals surface area contributed by atoms with Crippen molar-refractivity contribution in [2.75, 3.05) is 0 Å². The molecule has 0 saturated carbocycles. The Bertz CT molecular complexity index is 623. The molecule has 3 rings (SSSR count). The van der Waals surface area contributed by atoms with Gasteiger partial charge in [-0.05, 0) is 20.8 Å². The zero-order valence-corrected chi connectivity index (χ0v) is 12.3. The minimum Gasteiger partial charge on any atom is -0.309 e. The van der Waals surface area contributed by atoms with Gasteiger partial charge in [-0.2, -0.15) is 0 Å². The van der Waals surface area contributed by atoms with E-state index < -0.39 is 0 Å². The average molecular weight is 255 g/mol. The molecule has 0 spiro atoms. The minimum absolute atomic E-state index is 0.0328.